The molecule has 25 heavy (non-hydrogen) atoms. The minimum atomic E-state index is -1.22. The highest BCUT2D eigenvalue weighted by molar-refractivity contribution is 7.14. The molecule has 2 N–H and O–H groups in total. The summed E-state index contributed by atoms with van der Waals surface area (Å²) in [4.78, 5) is 28.0. The summed E-state index contributed by atoms with van der Waals surface area (Å²) in [6, 6.07) is 0. The van der Waals surface area contributed by atoms with E-state index in [-0.39, 0.29) is 11.3 Å². The van der Waals surface area contributed by atoms with Crippen LogP contribution in [0.5, 0.6) is 0 Å². The van der Waals surface area contributed by atoms with Crippen LogP contribution in [0.4, 0.5) is 5.13 Å². The first kappa shape index (κ1) is 16.8. The second-order valence-corrected chi connectivity index (χ2v) is 6.15. The fourth-order valence-electron chi connectivity index (χ4n) is 2.49. The zero-order chi connectivity index (χ0) is 18.1. The van der Waals surface area contributed by atoms with Crippen molar-refractivity contribution in [3.05, 3.63) is 34.7 Å². The van der Waals surface area contributed by atoms with E-state index in [1.165, 1.54) is 24.6 Å². The van der Waals surface area contributed by atoms with Gasteiger partial charge in [0.05, 0.1) is 23.7 Å². The van der Waals surface area contributed by atoms with E-state index in [4.69, 9.17) is 0 Å². The van der Waals surface area contributed by atoms with Gasteiger partial charge in [-0.25, -0.2) is 9.78 Å². The molecule has 0 radical (unpaired) electrons. The Kier molecular flexibility index (Phi) is 4.36. The van der Waals surface area contributed by atoms with Crippen LogP contribution < -0.4 is 5.32 Å². The van der Waals surface area contributed by atoms with Gasteiger partial charge in [-0.3, -0.25) is 19.5 Å². The normalized spacial score (nSPS) is 10.8. The van der Waals surface area contributed by atoms with Crippen LogP contribution in [-0.2, 0) is 13.6 Å². The first-order valence-electron chi connectivity index (χ1n) is 7.47. The highest BCUT2D eigenvalue weighted by atomic mass is 32.1. The number of aromatic carboxylic acids is 1. The number of nitrogens with zero attached hydrogens (tertiary/aromatic N) is 5. The molecular weight excluding hydrogens is 344 g/mol. The fraction of sp³-hybridized carbons (Fsp3) is 0.267. The number of rotatable bonds is 5. The third kappa shape index (κ3) is 3.03. The van der Waals surface area contributed by atoms with Crippen LogP contribution in [0.15, 0.2) is 17.8 Å². The Balaban J connectivity index is 1.83. The van der Waals surface area contributed by atoms with Gasteiger partial charge in [-0.05, 0) is 13.8 Å². The standard InChI is InChI=1S/C15H16N6O3S/c1-4-21-8(2)9(5-17-21)11-7-25-15(18-11)19-13(22)10-6-16-20(3)12(10)14(23)24/h5-7H,4H2,1-3H3,(H,23,24)(H,18,19,22). The predicted molar refractivity (Wildman–Crippen MR) is 91.9 cm³/mol. The summed E-state index contributed by atoms with van der Waals surface area (Å²) in [7, 11) is 1.47. The molecule has 0 atom stereocenters. The van der Waals surface area contributed by atoms with Crippen molar-refractivity contribution in [2.45, 2.75) is 20.4 Å². The Labute approximate surface area is 146 Å². The van der Waals surface area contributed by atoms with E-state index < -0.39 is 11.9 Å². The van der Waals surface area contributed by atoms with Crippen molar-refractivity contribution in [3.8, 4) is 11.3 Å². The second-order valence-electron chi connectivity index (χ2n) is 5.29. The Hall–Kier alpha value is -3.01. The minimum absolute atomic E-state index is 0.0123. The van der Waals surface area contributed by atoms with Crippen LogP contribution in [-0.4, -0.2) is 41.5 Å². The maximum atomic E-state index is 12.3. The van der Waals surface area contributed by atoms with E-state index >= 15 is 0 Å². The van der Waals surface area contributed by atoms with Crippen molar-refractivity contribution in [2.24, 2.45) is 7.05 Å². The first-order chi connectivity index (χ1) is 11.9. The number of carbonyl (C=O) groups excluding carboxylic acids is 1. The summed E-state index contributed by atoms with van der Waals surface area (Å²) in [6.07, 6.45) is 2.96. The van der Waals surface area contributed by atoms with Crippen LogP contribution in [0.2, 0.25) is 0 Å². The number of nitrogens with one attached hydrogen (secondary N) is 1. The summed E-state index contributed by atoms with van der Waals surface area (Å²) < 4.78 is 3.01. The Morgan fingerprint density at radius 1 is 1.32 bits per heavy atom. The van der Waals surface area contributed by atoms with Gasteiger partial charge >= 0.3 is 5.97 Å². The van der Waals surface area contributed by atoms with E-state index in [1.54, 1.807) is 6.20 Å². The Morgan fingerprint density at radius 2 is 2.08 bits per heavy atom. The number of amides is 1. The largest absolute Gasteiger partial charge is 0.477 e. The predicted octanol–water partition coefficient (Wildman–Crippen LogP) is 2.02. The number of thiazole rings is 1. The molecule has 3 heterocycles. The van der Waals surface area contributed by atoms with E-state index in [1.807, 2.05) is 23.9 Å². The van der Waals surface area contributed by atoms with Crippen LogP contribution in [0, 0.1) is 6.92 Å². The molecular formula is C15H16N6O3S. The molecule has 0 aliphatic heterocycles. The molecule has 0 saturated carbocycles. The maximum Gasteiger partial charge on any atom is 0.354 e. The lowest BCUT2D eigenvalue weighted by Crippen LogP contribution is -2.17. The van der Waals surface area contributed by atoms with Gasteiger partial charge in [0, 0.05) is 30.2 Å². The molecule has 10 heteroatoms. The molecule has 3 aromatic rings. The molecule has 0 saturated heterocycles. The van der Waals surface area contributed by atoms with Gasteiger partial charge in [0.15, 0.2) is 10.8 Å². The number of anilines is 1. The third-order valence-corrected chi connectivity index (χ3v) is 4.55. The summed E-state index contributed by atoms with van der Waals surface area (Å²) in [6.45, 7) is 4.72. The molecule has 1 amide bonds. The quantitative estimate of drug-likeness (QED) is 0.719. The van der Waals surface area contributed by atoms with Crippen LogP contribution in [0.1, 0.15) is 33.5 Å². The second kappa shape index (κ2) is 6.48. The smallest absolute Gasteiger partial charge is 0.354 e. The Morgan fingerprint density at radius 3 is 2.72 bits per heavy atom. The van der Waals surface area contributed by atoms with Crippen LogP contribution >= 0.6 is 11.3 Å². The van der Waals surface area contributed by atoms with Crippen molar-refractivity contribution in [2.75, 3.05) is 5.32 Å². The monoisotopic (exact) mass is 360 g/mol. The molecule has 3 rings (SSSR count). The van der Waals surface area contributed by atoms with Gasteiger partial charge < -0.3 is 5.11 Å². The molecule has 0 unspecified atom stereocenters. The summed E-state index contributed by atoms with van der Waals surface area (Å²) in [5, 5.41) is 22.1. The van der Waals surface area contributed by atoms with Crippen molar-refractivity contribution >= 4 is 28.3 Å². The van der Waals surface area contributed by atoms with Crippen LogP contribution in [0.3, 0.4) is 0 Å². The highest BCUT2D eigenvalue weighted by Crippen LogP contribution is 2.27. The lowest BCUT2D eigenvalue weighted by atomic mass is 10.2. The number of aromatic nitrogens is 5. The molecule has 0 aromatic carbocycles. The van der Waals surface area contributed by atoms with Gasteiger partial charge in [0.25, 0.3) is 5.91 Å². The van der Waals surface area contributed by atoms with Crippen molar-refractivity contribution < 1.29 is 14.7 Å². The SMILES string of the molecule is CCn1ncc(-c2csc(NC(=O)c3cnn(C)c3C(=O)O)n2)c1C. The van der Waals surface area contributed by atoms with Gasteiger partial charge in [-0.1, -0.05) is 0 Å². The highest BCUT2D eigenvalue weighted by Gasteiger charge is 2.22. The number of carboxylic acid groups (broad SMARTS) is 1. The van der Waals surface area contributed by atoms with Gasteiger partial charge in [-0.2, -0.15) is 10.2 Å². The van der Waals surface area contributed by atoms with Crippen molar-refractivity contribution in [3.63, 3.8) is 0 Å². The summed E-state index contributed by atoms with van der Waals surface area (Å²) in [5.41, 5.74) is 2.41. The molecule has 9 nitrogen and oxygen atoms in total. The van der Waals surface area contributed by atoms with Gasteiger partial charge in [0.2, 0.25) is 0 Å². The molecule has 3 aromatic heterocycles. The topological polar surface area (TPSA) is 115 Å². The summed E-state index contributed by atoms with van der Waals surface area (Å²) in [5.74, 6) is -1.78. The van der Waals surface area contributed by atoms with Crippen LogP contribution in [0.25, 0.3) is 11.3 Å². The van der Waals surface area contributed by atoms with E-state index in [9.17, 15) is 14.7 Å². The van der Waals surface area contributed by atoms with E-state index in [0.29, 0.717) is 10.8 Å². The summed E-state index contributed by atoms with van der Waals surface area (Å²) >= 11 is 1.26. The fourth-order valence-corrected chi connectivity index (χ4v) is 3.20. The molecule has 0 aliphatic carbocycles. The number of carbonyl (C=O) groups is 2. The van der Waals surface area contributed by atoms with Gasteiger partial charge in [0.1, 0.15) is 0 Å². The zero-order valence-electron chi connectivity index (χ0n) is 13.8. The van der Waals surface area contributed by atoms with E-state index in [0.717, 1.165) is 22.5 Å². The molecule has 0 bridgehead atoms. The Bertz CT molecular complexity index is 955. The third-order valence-electron chi connectivity index (χ3n) is 3.79. The first-order valence-corrected chi connectivity index (χ1v) is 8.35. The maximum absolute atomic E-state index is 12.3. The van der Waals surface area contributed by atoms with E-state index in [2.05, 4.69) is 20.5 Å². The molecule has 130 valence electrons. The van der Waals surface area contributed by atoms with Crippen molar-refractivity contribution in [1.82, 2.24) is 24.5 Å². The zero-order valence-corrected chi connectivity index (χ0v) is 14.7. The minimum Gasteiger partial charge on any atom is -0.477 e. The molecule has 0 fully saturated rings. The number of hydrogen-bond acceptors (Lipinski definition) is 6. The van der Waals surface area contributed by atoms with Crippen molar-refractivity contribution in [1.29, 1.82) is 0 Å². The molecule has 0 spiro atoms. The number of aryl methyl sites for hydroxylation is 2. The molecule has 0 aliphatic rings. The lowest BCUT2D eigenvalue weighted by molar-refractivity contribution is 0.0680. The average Bonchev–Trinajstić information content (AvgIpc) is 3.25. The lowest BCUT2D eigenvalue weighted by Gasteiger charge is -2.02. The van der Waals surface area contributed by atoms with Gasteiger partial charge in [-0.15, -0.1) is 11.3 Å². The number of carboxylic acids is 1. The number of hydrogen-bond donors (Lipinski definition) is 2. The average molecular weight is 360 g/mol.